The number of carboxylic acid groups (broad SMARTS) is 1. The minimum absolute atomic E-state index is 0.297. The van der Waals surface area contributed by atoms with E-state index in [1.807, 2.05) is 30.3 Å². The molecule has 0 aliphatic rings. The number of hydrogen-bond acceptors (Lipinski definition) is 5. The third kappa shape index (κ3) is 6.18. The lowest BCUT2D eigenvalue weighted by atomic mass is 10.1. The molecule has 0 fully saturated rings. The molecule has 1 aromatic heterocycles. The van der Waals surface area contributed by atoms with E-state index in [2.05, 4.69) is 4.98 Å². The van der Waals surface area contributed by atoms with Crippen molar-refractivity contribution in [3.63, 3.8) is 0 Å². The molecule has 0 aliphatic heterocycles. The van der Waals surface area contributed by atoms with Crippen LogP contribution < -0.4 is 4.74 Å². The van der Waals surface area contributed by atoms with Gasteiger partial charge in [-0.05, 0) is 18.1 Å². The van der Waals surface area contributed by atoms with Crippen molar-refractivity contribution >= 4 is 11.9 Å². The van der Waals surface area contributed by atoms with Gasteiger partial charge in [0.2, 0.25) is 5.88 Å². The van der Waals surface area contributed by atoms with Crippen molar-refractivity contribution in [2.45, 2.75) is 6.42 Å². The van der Waals surface area contributed by atoms with Crippen LogP contribution in [0.3, 0.4) is 0 Å². The lowest BCUT2D eigenvalue weighted by molar-refractivity contribution is -0.137. The number of amides is 1. The number of hydrogen-bond donors (Lipinski definition) is 1. The first-order valence-electron chi connectivity index (χ1n) is 8.23. The molecule has 0 bridgehead atoms. The number of ether oxygens (including phenoxy) is 2. The number of aromatic nitrogens is 1. The number of rotatable bonds is 10. The molecule has 1 aromatic carbocycles. The Hall–Kier alpha value is -2.93. The van der Waals surface area contributed by atoms with Crippen LogP contribution in [0.4, 0.5) is 0 Å². The number of aliphatic carboxylic acids is 1. The first-order valence-corrected chi connectivity index (χ1v) is 8.23. The second-order valence-electron chi connectivity index (χ2n) is 5.58. The summed E-state index contributed by atoms with van der Waals surface area (Å²) in [6, 6.07) is 12.7. The molecule has 0 radical (unpaired) electrons. The summed E-state index contributed by atoms with van der Waals surface area (Å²) in [4.78, 5) is 29.2. The van der Waals surface area contributed by atoms with Crippen LogP contribution in [-0.4, -0.2) is 60.3 Å². The maximum atomic E-state index is 12.7. The van der Waals surface area contributed by atoms with Crippen LogP contribution in [-0.2, 0) is 16.0 Å². The molecule has 0 saturated carbocycles. The van der Waals surface area contributed by atoms with Gasteiger partial charge in [0.15, 0.2) is 0 Å². The molecule has 26 heavy (non-hydrogen) atoms. The van der Waals surface area contributed by atoms with Crippen molar-refractivity contribution in [1.29, 1.82) is 0 Å². The predicted octanol–water partition coefficient (Wildman–Crippen LogP) is 1.88. The number of nitrogens with zero attached hydrogens (tertiary/aromatic N) is 2. The molecule has 0 saturated heterocycles. The molecular formula is C19H22N2O5. The number of methoxy groups -OCH3 is 1. The third-order valence-electron chi connectivity index (χ3n) is 3.65. The van der Waals surface area contributed by atoms with E-state index >= 15 is 0 Å². The van der Waals surface area contributed by atoms with Crippen molar-refractivity contribution in [1.82, 2.24) is 9.88 Å². The molecular weight excluding hydrogens is 336 g/mol. The van der Waals surface area contributed by atoms with E-state index in [1.54, 1.807) is 13.2 Å². The fourth-order valence-electron chi connectivity index (χ4n) is 2.36. The van der Waals surface area contributed by atoms with Gasteiger partial charge < -0.3 is 19.5 Å². The quantitative estimate of drug-likeness (QED) is 0.652. The Bertz CT molecular complexity index is 721. The van der Waals surface area contributed by atoms with Crippen LogP contribution in [0.2, 0.25) is 0 Å². The van der Waals surface area contributed by atoms with Crippen molar-refractivity contribution in [2.75, 3.05) is 33.4 Å². The van der Waals surface area contributed by atoms with E-state index in [1.165, 1.54) is 17.2 Å². The zero-order valence-electron chi connectivity index (χ0n) is 14.6. The summed E-state index contributed by atoms with van der Waals surface area (Å²) >= 11 is 0. The highest BCUT2D eigenvalue weighted by atomic mass is 16.5. The minimum atomic E-state index is -1.06. The summed E-state index contributed by atoms with van der Waals surface area (Å²) in [5, 5.41) is 9.13. The van der Waals surface area contributed by atoms with Crippen LogP contribution >= 0.6 is 0 Å². The maximum absolute atomic E-state index is 12.7. The Morgan fingerprint density at radius 2 is 1.92 bits per heavy atom. The van der Waals surface area contributed by atoms with E-state index in [0.717, 1.165) is 5.56 Å². The fourth-order valence-corrected chi connectivity index (χ4v) is 2.36. The predicted molar refractivity (Wildman–Crippen MR) is 95.3 cm³/mol. The highest BCUT2D eigenvalue weighted by molar-refractivity contribution is 5.96. The second-order valence-corrected chi connectivity index (χ2v) is 5.58. The van der Waals surface area contributed by atoms with Gasteiger partial charge in [0.25, 0.3) is 5.91 Å². The first kappa shape index (κ1) is 19.4. The molecule has 1 N–H and O–H groups in total. The number of carbonyl (C=O) groups excluding carboxylic acids is 1. The fraction of sp³-hybridized carbons (Fsp3) is 0.316. The Morgan fingerprint density at radius 3 is 2.62 bits per heavy atom. The summed E-state index contributed by atoms with van der Waals surface area (Å²) < 4.78 is 10.3. The number of carbonyl (C=O) groups is 2. The molecule has 2 aromatic rings. The van der Waals surface area contributed by atoms with Crippen molar-refractivity contribution < 1.29 is 24.2 Å². The minimum Gasteiger partial charge on any atom is -0.480 e. The normalized spacial score (nSPS) is 10.3. The van der Waals surface area contributed by atoms with Crippen LogP contribution in [0.15, 0.2) is 48.7 Å². The van der Waals surface area contributed by atoms with Crippen LogP contribution in [0, 0.1) is 0 Å². The van der Waals surface area contributed by atoms with E-state index in [4.69, 9.17) is 14.6 Å². The van der Waals surface area contributed by atoms with E-state index < -0.39 is 5.97 Å². The van der Waals surface area contributed by atoms with E-state index in [-0.39, 0.29) is 12.5 Å². The third-order valence-corrected chi connectivity index (χ3v) is 3.65. The van der Waals surface area contributed by atoms with Gasteiger partial charge >= 0.3 is 5.97 Å². The van der Waals surface area contributed by atoms with Gasteiger partial charge in [0, 0.05) is 31.5 Å². The summed E-state index contributed by atoms with van der Waals surface area (Å²) in [5.74, 6) is -1.13. The first-order chi connectivity index (χ1) is 12.6. The molecule has 7 nitrogen and oxygen atoms in total. The molecule has 1 amide bonds. The number of carboxylic acids is 1. The van der Waals surface area contributed by atoms with Gasteiger partial charge in [-0.15, -0.1) is 0 Å². The average molecular weight is 358 g/mol. The van der Waals surface area contributed by atoms with Crippen molar-refractivity contribution in [3.8, 4) is 5.88 Å². The number of benzene rings is 1. The monoisotopic (exact) mass is 358 g/mol. The van der Waals surface area contributed by atoms with Gasteiger partial charge in [-0.25, -0.2) is 4.98 Å². The van der Waals surface area contributed by atoms with Gasteiger partial charge in [-0.1, -0.05) is 30.3 Å². The molecule has 0 atom stereocenters. The molecule has 0 unspecified atom stereocenters. The number of pyridine rings is 1. The highest BCUT2D eigenvalue weighted by Gasteiger charge is 2.19. The maximum Gasteiger partial charge on any atom is 0.323 e. The zero-order chi connectivity index (χ0) is 18.8. The summed E-state index contributed by atoms with van der Waals surface area (Å²) in [7, 11) is 1.56. The summed E-state index contributed by atoms with van der Waals surface area (Å²) in [6.45, 7) is 0.654. The second kappa shape index (κ2) is 10.1. The Kier molecular flexibility index (Phi) is 7.57. The lowest BCUT2D eigenvalue weighted by Crippen LogP contribution is -2.37. The molecule has 2 rings (SSSR count). The molecule has 138 valence electrons. The Morgan fingerprint density at radius 1 is 1.15 bits per heavy atom. The molecule has 0 spiro atoms. The zero-order valence-corrected chi connectivity index (χ0v) is 14.6. The van der Waals surface area contributed by atoms with Gasteiger partial charge in [-0.2, -0.15) is 0 Å². The summed E-state index contributed by atoms with van der Waals surface area (Å²) in [5.41, 5.74) is 1.37. The van der Waals surface area contributed by atoms with Crippen LogP contribution in [0.1, 0.15) is 15.9 Å². The van der Waals surface area contributed by atoms with Crippen LogP contribution in [0.25, 0.3) is 0 Å². The summed E-state index contributed by atoms with van der Waals surface area (Å²) in [6.07, 6.45) is 2.04. The van der Waals surface area contributed by atoms with Crippen molar-refractivity contribution in [2.24, 2.45) is 0 Å². The van der Waals surface area contributed by atoms with Crippen molar-refractivity contribution in [3.05, 3.63) is 59.8 Å². The Labute approximate surface area is 152 Å². The van der Waals surface area contributed by atoms with E-state index in [9.17, 15) is 9.59 Å². The molecule has 1 heterocycles. The van der Waals surface area contributed by atoms with E-state index in [0.29, 0.717) is 37.6 Å². The molecule has 7 heteroatoms. The lowest BCUT2D eigenvalue weighted by Gasteiger charge is -2.21. The Balaban J connectivity index is 2.07. The van der Waals surface area contributed by atoms with Gasteiger partial charge in [0.1, 0.15) is 13.2 Å². The van der Waals surface area contributed by atoms with Gasteiger partial charge in [0.05, 0.1) is 6.61 Å². The highest BCUT2D eigenvalue weighted by Crippen LogP contribution is 2.13. The van der Waals surface area contributed by atoms with Gasteiger partial charge in [-0.3, -0.25) is 9.59 Å². The largest absolute Gasteiger partial charge is 0.480 e. The standard InChI is InChI=1S/C19H22N2O5/c1-25-11-12-26-17-13-16(7-9-20-17)19(24)21(14-18(22)23)10-8-15-5-3-2-4-6-15/h2-7,9,13H,8,10-12,14H2,1H3,(H,22,23). The van der Waals surface area contributed by atoms with Crippen LogP contribution in [0.5, 0.6) is 5.88 Å². The topological polar surface area (TPSA) is 89.0 Å². The average Bonchev–Trinajstić information content (AvgIpc) is 2.65. The smallest absolute Gasteiger partial charge is 0.323 e. The SMILES string of the molecule is COCCOc1cc(C(=O)N(CCc2ccccc2)CC(=O)O)ccn1. The molecule has 0 aliphatic carbocycles.